The van der Waals surface area contributed by atoms with Gasteiger partial charge >= 0.3 is 0 Å². The van der Waals surface area contributed by atoms with Gasteiger partial charge in [-0.2, -0.15) is 0 Å². The second kappa shape index (κ2) is 6.07. The predicted molar refractivity (Wildman–Crippen MR) is 91.1 cm³/mol. The Morgan fingerprint density at radius 3 is 2.87 bits per heavy atom. The van der Waals surface area contributed by atoms with E-state index in [2.05, 4.69) is 19.2 Å². The van der Waals surface area contributed by atoms with E-state index in [0.717, 1.165) is 23.1 Å². The van der Waals surface area contributed by atoms with Crippen molar-refractivity contribution in [3.05, 3.63) is 30.5 Å². The molecule has 1 aromatic carbocycles. The minimum absolute atomic E-state index is 0.0686. The zero-order valence-electron chi connectivity index (χ0n) is 13.9. The van der Waals surface area contributed by atoms with Crippen LogP contribution in [0.3, 0.4) is 0 Å². The van der Waals surface area contributed by atoms with Gasteiger partial charge in [0, 0.05) is 43.7 Å². The van der Waals surface area contributed by atoms with Crippen LogP contribution in [0.4, 0.5) is 5.69 Å². The number of nitrogens with zero attached hydrogens (tertiary/aromatic N) is 2. The lowest BCUT2D eigenvalue weighted by molar-refractivity contribution is -0.128. The summed E-state index contributed by atoms with van der Waals surface area (Å²) in [5, 5.41) is 4.02. The molecule has 1 fully saturated rings. The Morgan fingerprint density at radius 1 is 1.35 bits per heavy atom. The van der Waals surface area contributed by atoms with Crippen molar-refractivity contribution in [1.29, 1.82) is 0 Å². The molecule has 1 aliphatic rings. The number of likely N-dealkylation sites (tertiary alicyclic amines) is 1. The molecule has 1 aromatic heterocycles. The maximum absolute atomic E-state index is 12.5. The summed E-state index contributed by atoms with van der Waals surface area (Å²) < 4.78 is 2.02. The molecule has 5 heteroatoms. The van der Waals surface area contributed by atoms with Crippen molar-refractivity contribution in [2.45, 2.75) is 20.3 Å². The third-order valence-electron chi connectivity index (χ3n) is 4.36. The SMILES string of the molecule is CC(C)CN1C[C@H](C(=O)Nc2cccc3c2ccn3C)CC1=O. The van der Waals surface area contributed by atoms with E-state index in [-0.39, 0.29) is 17.7 Å². The van der Waals surface area contributed by atoms with Crippen molar-refractivity contribution in [1.82, 2.24) is 9.47 Å². The molecule has 1 N–H and O–H groups in total. The number of hydrogen-bond donors (Lipinski definition) is 1. The van der Waals surface area contributed by atoms with Crippen LogP contribution in [0.2, 0.25) is 0 Å². The lowest BCUT2D eigenvalue weighted by Crippen LogP contribution is -2.31. The summed E-state index contributed by atoms with van der Waals surface area (Å²) in [5.74, 6) is 0.164. The molecule has 0 aliphatic carbocycles. The Balaban J connectivity index is 1.73. The molecule has 5 nitrogen and oxygen atoms in total. The van der Waals surface area contributed by atoms with Crippen LogP contribution in [-0.4, -0.2) is 34.4 Å². The first-order chi connectivity index (χ1) is 11.0. The Morgan fingerprint density at radius 2 is 2.13 bits per heavy atom. The summed E-state index contributed by atoms with van der Waals surface area (Å²) in [6.07, 6.45) is 2.28. The first kappa shape index (κ1) is 15.6. The molecule has 1 aliphatic heterocycles. The Hall–Kier alpha value is -2.30. The molecule has 0 unspecified atom stereocenters. The van der Waals surface area contributed by atoms with Gasteiger partial charge in [-0.25, -0.2) is 0 Å². The molecule has 1 saturated heterocycles. The molecular weight excluding hydrogens is 290 g/mol. The lowest BCUT2D eigenvalue weighted by atomic mass is 10.1. The topological polar surface area (TPSA) is 54.3 Å². The second-order valence-electron chi connectivity index (χ2n) is 6.75. The minimum Gasteiger partial charge on any atom is -0.350 e. The standard InChI is InChI=1S/C18H23N3O2/c1-12(2)10-21-11-13(9-17(21)22)18(23)19-15-5-4-6-16-14(15)7-8-20(16)3/h4-8,12-13H,9-11H2,1-3H3,(H,19,23)/t13-/m1/s1. The maximum atomic E-state index is 12.5. The Labute approximate surface area is 136 Å². The van der Waals surface area contributed by atoms with Crippen LogP contribution in [0, 0.1) is 11.8 Å². The molecule has 1 atom stereocenters. The van der Waals surface area contributed by atoms with E-state index in [9.17, 15) is 9.59 Å². The van der Waals surface area contributed by atoms with Gasteiger partial charge in [-0.3, -0.25) is 9.59 Å². The van der Waals surface area contributed by atoms with E-state index in [1.807, 2.05) is 42.1 Å². The number of carbonyl (C=O) groups excluding carboxylic acids is 2. The third kappa shape index (κ3) is 3.09. The van der Waals surface area contributed by atoms with Crippen LogP contribution in [0.5, 0.6) is 0 Å². The Kier molecular flexibility index (Phi) is 4.11. The number of aromatic nitrogens is 1. The van der Waals surface area contributed by atoms with Crippen molar-refractivity contribution in [3.63, 3.8) is 0 Å². The van der Waals surface area contributed by atoms with Crippen LogP contribution in [0.1, 0.15) is 20.3 Å². The molecule has 0 saturated carbocycles. The number of nitrogens with one attached hydrogen (secondary N) is 1. The lowest BCUT2D eigenvalue weighted by Gasteiger charge is -2.18. The number of aryl methyl sites for hydroxylation is 1. The van der Waals surface area contributed by atoms with E-state index in [4.69, 9.17) is 0 Å². The van der Waals surface area contributed by atoms with Crippen molar-refractivity contribution < 1.29 is 9.59 Å². The summed E-state index contributed by atoms with van der Waals surface area (Å²) in [5.41, 5.74) is 1.88. The average molecular weight is 313 g/mol. The highest BCUT2D eigenvalue weighted by Crippen LogP contribution is 2.26. The number of amides is 2. The van der Waals surface area contributed by atoms with Gasteiger partial charge in [-0.05, 0) is 24.1 Å². The van der Waals surface area contributed by atoms with E-state index in [1.54, 1.807) is 4.90 Å². The third-order valence-corrected chi connectivity index (χ3v) is 4.36. The number of carbonyl (C=O) groups is 2. The normalized spacial score (nSPS) is 18.2. The molecule has 2 aromatic rings. The molecule has 3 rings (SSSR count). The number of rotatable bonds is 4. The van der Waals surface area contributed by atoms with Crippen molar-refractivity contribution in [2.75, 3.05) is 18.4 Å². The maximum Gasteiger partial charge on any atom is 0.229 e. The Bertz CT molecular complexity index is 748. The molecule has 0 bridgehead atoms. The summed E-state index contributed by atoms with van der Waals surface area (Å²) in [6, 6.07) is 7.86. The first-order valence-electron chi connectivity index (χ1n) is 8.08. The van der Waals surface area contributed by atoms with E-state index in [0.29, 0.717) is 18.9 Å². The van der Waals surface area contributed by atoms with Crippen molar-refractivity contribution in [2.24, 2.45) is 18.9 Å². The second-order valence-corrected chi connectivity index (χ2v) is 6.75. The largest absolute Gasteiger partial charge is 0.350 e. The molecule has 0 spiro atoms. The number of benzene rings is 1. The van der Waals surface area contributed by atoms with Gasteiger partial charge in [-0.1, -0.05) is 19.9 Å². The number of anilines is 1. The van der Waals surface area contributed by atoms with Crippen LogP contribution < -0.4 is 5.32 Å². The van der Waals surface area contributed by atoms with Gasteiger partial charge in [-0.15, -0.1) is 0 Å². The van der Waals surface area contributed by atoms with Crippen molar-refractivity contribution >= 4 is 28.4 Å². The highest BCUT2D eigenvalue weighted by atomic mass is 16.2. The number of fused-ring (bicyclic) bond motifs is 1. The fraction of sp³-hybridized carbons (Fsp3) is 0.444. The molecular formula is C18H23N3O2. The smallest absolute Gasteiger partial charge is 0.229 e. The highest BCUT2D eigenvalue weighted by molar-refractivity contribution is 6.03. The van der Waals surface area contributed by atoms with Gasteiger partial charge in [0.25, 0.3) is 0 Å². The summed E-state index contributed by atoms with van der Waals surface area (Å²) >= 11 is 0. The van der Waals surface area contributed by atoms with Gasteiger partial charge in [0.1, 0.15) is 0 Å². The van der Waals surface area contributed by atoms with E-state index in [1.165, 1.54) is 0 Å². The first-order valence-corrected chi connectivity index (χ1v) is 8.08. The van der Waals surface area contributed by atoms with E-state index >= 15 is 0 Å². The molecule has 2 heterocycles. The minimum atomic E-state index is -0.264. The highest BCUT2D eigenvalue weighted by Gasteiger charge is 2.34. The number of hydrogen-bond acceptors (Lipinski definition) is 2. The van der Waals surface area contributed by atoms with Crippen molar-refractivity contribution in [3.8, 4) is 0 Å². The van der Waals surface area contributed by atoms with Gasteiger partial charge in [0.05, 0.1) is 11.6 Å². The quantitative estimate of drug-likeness (QED) is 0.943. The zero-order valence-corrected chi connectivity index (χ0v) is 13.9. The molecule has 0 radical (unpaired) electrons. The zero-order chi connectivity index (χ0) is 16.6. The van der Waals surface area contributed by atoms with Crippen LogP contribution >= 0.6 is 0 Å². The summed E-state index contributed by atoms with van der Waals surface area (Å²) in [6.45, 7) is 5.40. The van der Waals surface area contributed by atoms with E-state index < -0.39 is 0 Å². The summed E-state index contributed by atoms with van der Waals surface area (Å²) in [7, 11) is 1.98. The van der Waals surface area contributed by atoms with Gasteiger partial charge in [0.15, 0.2) is 0 Å². The van der Waals surface area contributed by atoms with Crippen LogP contribution in [0.15, 0.2) is 30.5 Å². The predicted octanol–water partition coefficient (Wildman–Crippen LogP) is 2.62. The molecule has 23 heavy (non-hydrogen) atoms. The van der Waals surface area contributed by atoms with Gasteiger partial charge in [0.2, 0.25) is 11.8 Å². The molecule has 122 valence electrons. The van der Waals surface area contributed by atoms with Crippen LogP contribution in [0.25, 0.3) is 10.9 Å². The fourth-order valence-electron chi connectivity index (χ4n) is 3.21. The van der Waals surface area contributed by atoms with Crippen LogP contribution in [-0.2, 0) is 16.6 Å². The fourth-order valence-corrected chi connectivity index (χ4v) is 3.21. The monoisotopic (exact) mass is 313 g/mol. The summed E-state index contributed by atoms with van der Waals surface area (Å²) in [4.78, 5) is 26.4. The van der Waals surface area contributed by atoms with Gasteiger partial charge < -0.3 is 14.8 Å². The average Bonchev–Trinajstić information content (AvgIpc) is 3.04. The molecule has 2 amide bonds.